The van der Waals surface area contributed by atoms with Gasteiger partial charge >= 0.3 is 5.97 Å². The molecule has 1 heterocycles. The van der Waals surface area contributed by atoms with Gasteiger partial charge in [-0.15, -0.1) is 0 Å². The van der Waals surface area contributed by atoms with Crippen LogP contribution in [0.2, 0.25) is 0 Å². The van der Waals surface area contributed by atoms with Gasteiger partial charge in [-0.2, -0.15) is 0 Å². The van der Waals surface area contributed by atoms with Crippen LogP contribution in [0.25, 0.3) is 0 Å². The number of carboxylic acid groups (broad SMARTS) is 1. The predicted octanol–water partition coefficient (Wildman–Crippen LogP) is -0.135. The van der Waals surface area contributed by atoms with Crippen LogP contribution in [-0.2, 0) is 6.61 Å². The van der Waals surface area contributed by atoms with Gasteiger partial charge in [0.05, 0.1) is 18.4 Å². The van der Waals surface area contributed by atoms with Crippen molar-refractivity contribution >= 4 is 5.97 Å². The molecule has 0 aliphatic heterocycles. The molecule has 0 atom stereocenters. The minimum absolute atomic E-state index is 0.188. The van der Waals surface area contributed by atoms with Crippen molar-refractivity contribution in [3.05, 3.63) is 17.5 Å². The van der Waals surface area contributed by atoms with Gasteiger partial charge in [-0.25, -0.2) is 4.79 Å². The SMILES string of the molecule is O=C(O)c1oncc1CO. The summed E-state index contributed by atoms with van der Waals surface area (Å²) in [5.74, 6) is -1.52. The molecule has 0 spiro atoms. The van der Waals surface area contributed by atoms with E-state index in [1.54, 1.807) is 0 Å². The van der Waals surface area contributed by atoms with Crippen LogP contribution in [-0.4, -0.2) is 21.3 Å². The van der Waals surface area contributed by atoms with Crippen LogP contribution in [0.3, 0.4) is 0 Å². The van der Waals surface area contributed by atoms with E-state index in [0.29, 0.717) is 0 Å². The molecule has 0 fully saturated rings. The van der Waals surface area contributed by atoms with Crippen LogP contribution in [0.1, 0.15) is 16.1 Å². The van der Waals surface area contributed by atoms with Gasteiger partial charge in [0.15, 0.2) is 0 Å². The maximum Gasteiger partial charge on any atom is 0.375 e. The molecule has 2 N–H and O–H groups in total. The Bertz CT molecular complexity index is 242. The number of nitrogens with zero attached hydrogens (tertiary/aromatic N) is 1. The summed E-state index contributed by atoms with van der Waals surface area (Å²) in [4.78, 5) is 10.2. The molecule has 1 aromatic heterocycles. The van der Waals surface area contributed by atoms with Crippen molar-refractivity contribution in [3.63, 3.8) is 0 Å². The molecular formula is C5H5NO4. The van der Waals surface area contributed by atoms with Crippen molar-refractivity contribution in [2.45, 2.75) is 6.61 Å². The molecule has 1 aromatic rings. The number of carbonyl (C=O) groups is 1. The molecule has 54 valence electrons. The van der Waals surface area contributed by atoms with Crippen molar-refractivity contribution in [2.75, 3.05) is 0 Å². The highest BCUT2D eigenvalue weighted by molar-refractivity contribution is 5.85. The maximum absolute atomic E-state index is 10.2. The third kappa shape index (κ3) is 0.985. The minimum atomic E-state index is -1.22. The predicted molar refractivity (Wildman–Crippen MR) is 29.4 cm³/mol. The lowest BCUT2D eigenvalue weighted by atomic mass is 10.3. The maximum atomic E-state index is 10.2. The largest absolute Gasteiger partial charge is 0.475 e. The lowest BCUT2D eigenvalue weighted by Gasteiger charge is -1.87. The van der Waals surface area contributed by atoms with Gasteiger partial charge in [-0.05, 0) is 0 Å². The Kier molecular flexibility index (Phi) is 1.68. The quantitative estimate of drug-likeness (QED) is 0.602. The first-order chi connectivity index (χ1) is 4.75. The zero-order chi connectivity index (χ0) is 7.56. The lowest BCUT2D eigenvalue weighted by Crippen LogP contribution is -1.97. The Morgan fingerprint density at radius 3 is 2.90 bits per heavy atom. The molecule has 5 nitrogen and oxygen atoms in total. The first kappa shape index (κ1) is 6.76. The lowest BCUT2D eigenvalue weighted by molar-refractivity contribution is 0.0647. The van der Waals surface area contributed by atoms with Gasteiger partial charge < -0.3 is 14.7 Å². The van der Waals surface area contributed by atoms with E-state index < -0.39 is 5.97 Å². The van der Waals surface area contributed by atoms with Gasteiger partial charge in [0.1, 0.15) is 0 Å². The Hall–Kier alpha value is -1.36. The zero-order valence-corrected chi connectivity index (χ0v) is 4.94. The molecule has 0 saturated carbocycles. The van der Waals surface area contributed by atoms with E-state index in [1.165, 1.54) is 6.20 Å². The van der Waals surface area contributed by atoms with Gasteiger partial charge in [0.2, 0.25) is 5.76 Å². The van der Waals surface area contributed by atoms with E-state index in [4.69, 9.17) is 10.2 Å². The molecule has 10 heavy (non-hydrogen) atoms. The highest BCUT2D eigenvalue weighted by atomic mass is 16.5. The average molecular weight is 143 g/mol. The Balaban J connectivity index is 3.01. The van der Waals surface area contributed by atoms with Crippen LogP contribution >= 0.6 is 0 Å². The van der Waals surface area contributed by atoms with E-state index >= 15 is 0 Å². The smallest absolute Gasteiger partial charge is 0.375 e. The molecule has 0 radical (unpaired) electrons. The van der Waals surface area contributed by atoms with E-state index in [9.17, 15) is 4.79 Å². The molecule has 0 aromatic carbocycles. The third-order valence-corrected chi connectivity index (χ3v) is 1.01. The number of hydrogen-bond donors (Lipinski definition) is 2. The molecule has 0 bridgehead atoms. The second-order valence-electron chi connectivity index (χ2n) is 1.64. The van der Waals surface area contributed by atoms with Gasteiger partial charge in [0.25, 0.3) is 0 Å². The summed E-state index contributed by atoms with van der Waals surface area (Å²) in [6, 6.07) is 0. The van der Waals surface area contributed by atoms with Crippen molar-refractivity contribution in [1.82, 2.24) is 5.16 Å². The topological polar surface area (TPSA) is 83.6 Å². The van der Waals surface area contributed by atoms with E-state index in [1.807, 2.05) is 0 Å². The number of aliphatic hydroxyl groups is 1. The number of aliphatic hydroxyl groups excluding tert-OH is 1. The molecule has 0 unspecified atom stereocenters. The van der Waals surface area contributed by atoms with Crippen LogP contribution in [0.4, 0.5) is 0 Å². The second kappa shape index (κ2) is 2.49. The summed E-state index contributed by atoms with van der Waals surface area (Å²) in [5, 5.41) is 20.0. The van der Waals surface area contributed by atoms with E-state index in [2.05, 4.69) is 9.68 Å². The number of rotatable bonds is 2. The molecule has 5 heteroatoms. The summed E-state index contributed by atoms with van der Waals surface area (Å²) < 4.78 is 4.31. The highest BCUT2D eigenvalue weighted by Gasteiger charge is 2.13. The summed E-state index contributed by atoms with van der Waals surface area (Å²) in [6.07, 6.45) is 1.17. The van der Waals surface area contributed by atoms with Gasteiger partial charge in [-0.3, -0.25) is 0 Å². The average Bonchev–Trinajstić information content (AvgIpc) is 2.33. The van der Waals surface area contributed by atoms with Crippen LogP contribution in [0.5, 0.6) is 0 Å². The molecule has 0 saturated heterocycles. The summed E-state index contributed by atoms with van der Waals surface area (Å²) in [6.45, 7) is -0.370. The fourth-order valence-electron chi connectivity index (χ4n) is 0.549. The number of aromatic carboxylic acids is 1. The third-order valence-electron chi connectivity index (χ3n) is 1.01. The number of carboxylic acids is 1. The number of aromatic nitrogens is 1. The fourth-order valence-corrected chi connectivity index (χ4v) is 0.549. The zero-order valence-electron chi connectivity index (χ0n) is 4.94. The first-order valence-electron chi connectivity index (χ1n) is 2.53. The second-order valence-corrected chi connectivity index (χ2v) is 1.64. The molecule has 1 rings (SSSR count). The summed E-state index contributed by atoms with van der Waals surface area (Å²) in [5.41, 5.74) is 0.188. The van der Waals surface area contributed by atoms with Crippen molar-refractivity contribution in [3.8, 4) is 0 Å². The van der Waals surface area contributed by atoms with Crippen molar-refractivity contribution in [2.24, 2.45) is 0 Å². The van der Waals surface area contributed by atoms with E-state index in [-0.39, 0.29) is 17.9 Å². The summed E-state index contributed by atoms with van der Waals surface area (Å²) >= 11 is 0. The molecular weight excluding hydrogens is 138 g/mol. The highest BCUT2D eigenvalue weighted by Crippen LogP contribution is 2.06. The first-order valence-corrected chi connectivity index (χ1v) is 2.53. The van der Waals surface area contributed by atoms with Crippen molar-refractivity contribution in [1.29, 1.82) is 0 Å². The molecule has 0 aliphatic carbocycles. The van der Waals surface area contributed by atoms with E-state index in [0.717, 1.165) is 0 Å². The normalized spacial score (nSPS) is 9.70. The van der Waals surface area contributed by atoms with Gasteiger partial charge in [-0.1, -0.05) is 5.16 Å². The Labute approximate surface area is 55.9 Å². The standard InChI is InChI=1S/C5H5NO4/c7-2-3-1-6-10-4(3)5(8)9/h1,7H,2H2,(H,8,9). The Morgan fingerprint density at radius 2 is 2.50 bits per heavy atom. The minimum Gasteiger partial charge on any atom is -0.475 e. The fraction of sp³-hybridized carbons (Fsp3) is 0.200. The van der Waals surface area contributed by atoms with Gasteiger partial charge in [0, 0.05) is 0 Å². The number of hydrogen-bond acceptors (Lipinski definition) is 4. The monoisotopic (exact) mass is 143 g/mol. The van der Waals surface area contributed by atoms with Crippen LogP contribution in [0, 0.1) is 0 Å². The Morgan fingerprint density at radius 1 is 1.80 bits per heavy atom. The molecule has 0 amide bonds. The van der Waals surface area contributed by atoms with Crippen LogP contribution in [0.15, 0.2) is 10.7 Å². The molecule has 0 aliphatic rings. The van der Waals surface area contributed by atoms with Crippen LogP contribution < -0.4 is 0 Å². The van der Waals surface area contributed by atoms with Crippen molar-refractivity contribution < 1.29 is 19.5 Å². The summed E-state index contributed by atoms with van der Waals surface area (Å²) in [7, 11) is 0.